The third kappa shape index (κ3) is 4.60. The number of rotatable bonds is 6. The second-order valence-corrected chi connectivity index (χ2v) is 4.51. The highest BCUT2D eigenvalue weighted by molar-refractivity contribution is 5.76. The molecule has 0 radical (unpaired) electrons. The number of carbonyl (C=O) groups excluding carboxylic acids is 1. The molecule has 0 aliphatic rings. The predicted octanol–water partition coefficient (Wildman–Crippen LogP) is 2.24. The molecule has 0 aromatic heterocycles. The van der Waals surface area contributed by atoms with Crippen molar-refractivity contribution in [1.29, 1.82) is 0 Å². The number of carbonyl (C=O) groups is 2. The molecule has 6 heteroatoms. The van der Waals surface area contributed by atoms with Crippen LogP contribution in [0, 0.1) is 0 Å². The molecule has 0 saturated heterocycles. The van der Waals surface area contributed by atoms with Crippen LogP contribution in [0.3, 0.4) is 0 Å². The zero-order valence-electron chi connectivity index (χ0n) is 11.7. The Balaban J connectivity index is 1.85. The van der Waals surface area contributed by atoms with Gasteiger partial charge in [-0.1, -0.05) is 60.7 Å². The van der Waals surface area contributed by atoms with Crippen molar-refractivity contribution in [3.63, 3.8) is 0 Å². The third-order valence-electron chi connectivity index (χ3n) is 2.91. The Hall–Kier alpha value is -2.86. The van der Waals surface area contributed by atoms with Crippen molar-refractivity contribution in [3.8, 4) is 0 Å². The Bertz CT molecular complexity index is 617. The van der Waals surface area contributed by atoms with Crippen LogP contribution in [0.5, 0.6) is 0 Å². The highest BCUT2D eigenvalue weighted by atomic mass is 16.6. The van der Waals surface area contributed by atoms with E-state index in [4.69, 9.17) is 4.74 Å². The highest BCUT2D eigenvalue weighted by Gasteiger charge is 2.20. The fourth-order valence-corrected chi connectivity index (χ4v) is 1.82. The summed E-state index contributed by atoms with van der Waals surface area (Å²) < 4.78 is 4.99. The first-order valence-electron chi connectivity index (χ1n) is 6.67. The van der Waals surface area contributed by atoms with Gasteiger partial charge in [0, 0.05) is 0 Å². The molecule has 2 rings (SSSR count). The Labute approximate surface area is 127 Å². The predicted molar refractivity (Wildman–Crippen MR) is 79.7 cm³/mol. The average Bonchev–Trinajstić information content (AvgIpc) is 2.55. The van der Waals surface area contributed by atoms with E-state index in [1.807, 2.05) is 30.3 Å². The summed E-state index contributed by atoms with van der Waals surface area (Å²) in [6.45, 7) is 0.109. The van der Waals surface area contributed by atoms with Crippen molar-refractivity contribution >= 4 is 12.1 Å². The smallest absolute Gasteiger partial charge is 0.421 e. The minimum Gasteiger partial charge on any atom is -0.480 e. The number of hydrogen-bond acceptors (Lipinski definition) is 4. The molecule has 2 aromatic carbocycles. The van der Waals surface area contributed by atoms with Crippen LogP contribution in [0.15, 0.2) is 60.7 Å². The van der Waals surface area contributed by atoms with Crippen molar-refractivity contribution in [3.05, 3.63) is 71.8 Å². The molecule has 0 bridgehead atoms. The van der Waals surface area contributed by atoms with Gasteiger partial charge in [-0.25, -0.2) is 10.2 Å². The summed E-state index contributed by atoms with van der Waals surface area (Å²) in [5.74, 6) is -1.10. The van der Waals surface area contributed by atoms with Crippen LogP contribution in [-0.4, -0.2) is 17.2 Å². The number of nitrogens with one attached hydrogen (secondary N) is 2. The zero-order chi connectivity index (χ0) is 15.8. The quantitative estimate of drug-likeness (QED) is 0.712. The number of hydrogen-bond donors (Lipinski definition) is 3. The van der Waals surface area contributed by atoms with Crippen molar-refractivity contribution in [2.45, 2.75) is 12.6 Å². The molecule has 22 heavy (non-hydrogen) atoms. The SMILES string of the molecule is O=C(NNC(C(=O)O)c1ccccc1)OCc1ccccc1. The van der Waals surface area contributed by atoms with Gasteiger partial charge in [-0.2, -0.15) is 0 Å². The van der Waals surface area contributed by atoms with Gasteiger partial charge < -0.3 is 9.84 Å². The maximum absolute atomic E-state index is 11.6. The lowest BCUT2D eigenvalue weighted by Crippen LogP contribution is -2.43. The normalized spacial score (nSPS) is 11.5. The first-order valence-corrected chi connectivity index (χ1v) is 6.67. The number of ether oxygens (including phenoxy) is 1. The van der Waals surface area contributed by atoms with Gasteiger partial charge in [-0.3, -0.25) is 10.2 Å². The van der Waals surface area contributed by atoms with Crippen LogP contribution >= 0.6 is 0 Å². The lowest BCUT2D eigenvalue weighted by molar-refractivity contribution is -0.139. The zero-order valence-corrected chi connectivity index (χ0v) is 11.7. The monoisotopic (exact) mass is 300 g/mol. The summed E-state index contributed by atoms with van der Waals surface area (Å²) in [6, 6.07) is 16.7. The van der Waals surface area contributed by atoms with Crippen molar-refractivity contribution in [2.75, 3.05) is 0 Å². The second kappa shape index (κ2) is 7.80. The number of benzene rings is 2. The minimum absolute atomic E-state index is 0.109. The summed E-state index contributed by atoms with van der Waals surface area (Å²) in [4.78, 5) is 22.8. The molecule has 6 nitrogen and oxygen atoms in total. The summed E-state index contributed by atoms with van der Waals surface area (Å²) >= 11 is 0. The van der Waals surface area contributed by atoms with Gasteiger partial charge in [0.15, 0.2) is 0 Å². The molecule has 1 atom stereocenters. The first kappa shape index (κ1) is 15.5. The van der Waals surface area contributed by atoms with E-state index in [1.54, 1.807) is 30.3 Å². The van der Waals surface area contributed by atoms with E-state index in [-0.39, 0.29) is 6.61 Å². The third-order valence-corrected chi connectivity index (χ3v) is 2.91. The molecule has 1 amide bonds. The van der Waals surface area contributed by atoms with E-state index >= 15 is 0 Å². The number of hydrazine groups is 1. The standard InChI is InChI=1S/C16H16N2O4/c19-15(20)14(13-9-5-2-6-10-13)17-18-16(21)22-11-12-7-3-1-4-8-12/h1-10,14,17H,11H2,(H,18,21)(H,19,20). The lowest BCUT2D eigenvalue weighted by Gasteiger charge is -2.15. The van der Waals surface area contributed by atoms with E-state index in [9.17, 15) is 14.7 Å². The Morgan fingerprint density at radius 2 is 1.59 bits per heavy atom. The summed E-state index contributed by atoms with van der Waals surface area (Å²) in [6.07, 6.45) is -0.744. The van der Waals surface area contributed by atoms with Crippen LogP contribution in [-0.2, 0) is 16.1 Å². The molecule has 0 fully saturated rings. The van der Waals surface area contributed by atoms with E-state index in [0.29, 0.717) is 5.56 Å². The van der Waals surface area contributed by atoms with E-state index in [2.05, 4.69) is 10.9 Å². The van der Waals surface area contributed by atoms with Gasteiger partial charge in [0.1, 0.15) is 12.6 Å². The first-order chi connectivity index (χ1) is 10.7. The molecule has 1 unspecified atom stereocenters. The number of carboxylic acids is 1. The van der Waals surface area contributed by atoms with Crippen LogP contribution in [0.1, 0.15) is 17.2 Å². The van der Waals surface area contributed by atoms with Crippen LogP contribution in [0.25, 0.3) is 0 Å². The lowest BCUT2D eigenvalue weighted by atomic mass is 10.1. The number of aliphatic carboxylic acids is 1. The molecule has 3 N–H and O–H groups in total. The fourth-order valence-electron chi connectivity index (χ4n) is 1.82. The highest BCUT2D eigenvalue weighted by Crippen LogP contribution is 2.11. The molecule has 0 spiro atoms. The molecule has 0 heterocycles. The Morgan fingerprint density at radius 3 is 2.18 bits per heavy atom. The Morgan fingerprint density at radius 1 is 1.00 bits per heavy atom. The largest absolute Gasteiger partial charge is 0.480 e. The topological polar surface area (TPSA) is 87.7 Å². The summed E-state index contributed by atoms with van der Waals surface area (Å²) in [5.41, 5.74) is 6.06. The summed E-state index contributed by atoms with van der Waals surface area (Å²) in [7, 11) is 0. The van der Waals surface area contributed by atoms with Crippen LogP contribution in [0.4, 0.5) is 4.79 Å². The van der Waals surface area contributed by atoms with Gasteiger partial charge in [-0.05, 0) is 11.1 Å². The van der Waals surface area contributed by atoms with Crippen LogP contribution < -0.4 is 10.9 Å². The second-order valence-electron chi connectivity index (χ2n) is 4.51. The molecule has 114 valence electrons. The van der Waals surface area contributed by atoms with Crippen molar-refractivity contribution in [1.82, 2.24) is 10.9 Å². The van der Waals surface area contributed by atoms with E-state index < -0.39 is 18.1 Å². The van der Waals surface area contributed by atoms with Crippen LogP contribution in [0.2, 0.25) is 0 Å². The van der Waals surface area contributed by atoms with E-state index in [0.717, 1.165) is 5.56 Å². The summed E-state index contributed by atoms with van der Waals surface area (Å²) in [5, 5.41) is 9.19. The molecule has 0 aliphatic carbocycles. The van der Waals surface area contributed by atoms with Gasteiger partial charge in [-0.15, -0.1) is 0 Å². The minimum atomic E-state index is -1.10. The van der Waals surface area contributed by atoms with Gasteiger partial charge in [0.25, 0.3) is 0 Å². The van der Waals surface area contributed by atoms with Gasteiger partial charge in [0.2, 0.25) is 0 Å². The molecular formula is C16H16N2O4. The molecule has 2 aromatic rings. The number of amides is 1. The maximum Gasteiger partial charge on any atom is 0.421 e. The average molecular weight is 300 g/mol. The maximum atomic E-state index is 11.6. The Kier molecular flexibility index (Phi) is 5.50. The fraction of sp³-hybridized carbons (Fsp3) is 0.125. The van der Waals surface area contributed by atoms with E-state index in [1.165, 1.54) is 0 Å². The van der Waals surface area contributed by atoms with Crippen molar-refractivity contribution in [2.24, 2.45) is 0 Å². The number of carboxylic acid groups (broad SMARTS) is 1. The van der Waals surface area contributed by atoms with Gasteiger partial charge in [0.05, 0.1) is 0 Å². The van der Waals surface area contributed by atoms with Crippen molar-refractivity contribution < 1.29 is 19.4 Å². The molecule has 0 saturated carbocycles. The molecule has 0 aliphatic heterocycles. The molecular weight excluding hydrogens is 284 g/mol. The van der Waals surface area contributed by atoms with Gasteiger partial charge >= 0.3 is 12.1 Å².